The molecule has 2 N–H and O–H groups in total. The molecule has 0 aliphatic carbocycles. The van der Waals surface area contributed by atoms with E-state index in [2.05, 4.69) is 38.3 Å². The summed E-state index contributed by atoms with van der Waals surface area (Å²) in [5.74, 6) is 4.05. The van der Waals surface area contributed by atoms with E-state index in [-0.39, 0.29) is 0 Å². The number of fused-ring (bicyclic) bond motifs is 1. The molecule has 1 aliphatic heterocycles. The van der Waals surface area contributed by atoms with Crippen LogP contribution in [-0.2, 0) is 26.6 Å². The Morgan fingerprint density at radius 3 is 2.87 bits per heavy atom. The van der Waals surface area contributed by atoms with E-state index >= 15 is 0 Å². The number of thiophene rings is 1. The first-order valence-corrected chi connectivity index (χ1v) is 11.4. The first-order valence-electron chi connectivity index (χ1n) is 10.5. The molecule has 3 heterocycles. The molecule has 0 fully saturated rings. The Morgan fingerprint density at radius 1 is 1.16 bits per heavy atom. The molecule has 0 spiro atoms. The van der Waals surface area contributed by atoms with E-state index in [0.717, 1.165) is 54.1 Å². The van der Waals surface area contributed by atoms with Crippen molar-refractivity contribution in [2.24, 2.45) is 12.0 Å². The van der Waals surface area contributed by atoms with Gasteiger partial charge in [0.2, 0.25) is 0 Å². The van der Waals surface area contributed by atoms with E-state index in [4.69, 9.17) is 14.5 Å². The summed E-state index contributed by atoms with van der Waals surface area (Å²) in [7, 11) is 1.96. The number of aliphatic imine (C=N–C) groups is 1. The molecule has 8 nitrogen and oxygen atoms in total. The summed E-state index contributed by atoms with van der Waals surface area (Å²) in [5.41, 5.74) is 1.01. The van der Waals surface area contributed by atoms with Crippen molar-refractivity contribution in [1.82, 2.24) is 25.4 Å². The van der Waals surface area contributed by atoms with Crippen molar-refractivity contribution in [2.45, 2.75) is 32.9 Å². The Bertz CT molecular complexity index is 1020. The normalized spacial score (nSPS) is 13.7. The minimum Gasteiger partial charge on any atom is -0.490 e. The number of nitrogens with one attached hydrogen (secondary N) is 2. The Morgan fingerprint density at radius 2 is 2.06 bits per heavy atom. The number of rotatable bonds is 7. The zero-order valence-electron chi connectivity index (χ0n) is 17.9. The fourth-order valence-corrected chi connectivity index (χ4v) is 3.95. The summed E-state index contributed by atoms with van der Waals surface area (Å²) < 4.78 is 13.7. The summed E-state index contributed by atoms with van der Waals surface area (Å²) in [4.78, 5) is 6.15. The highest BCUT2D eigenvalue weighted by Crippen LogP contribution is 2.33. The second-order valence-electron chi connectivity index (χ2n) is 7.29. The van der Waals surface area contributed by atoms with Crippen LogP contribution in [0.3, 0.4) is 0 Å². The van der Waals surface area contributed by atoms with E-state index in [1.165, 1.54) is 4.88 Å². The predicted molar refractivity (Wildman–Crippen MR) is 122 cm³/mol. The highest BCUT2D eigenvalue weighted by Gasteiger charge is 2.14. The maximum Gasteiger partial charge on any atom is 0.191 e. The smallest absolute Gasteiger partial charge is 0.191 e. The van der Waals surface area contributed by atoms with Crippen LogP contribution in [0.4, 0.5) is 0 Å². The zero-order chi connectivity index (χ0) is 21.5. The van der Waals surface area contributed by atoms with Gasteiger partial charge >= 0.3 is 0 Å². The van der Waals surface area contributed by atoms with Crippen LogP contribution >= 0.6 is 11.3 Å². The fraction of sp³-hybridized carbons (Fsp3) is 0.409. The summed E-state index contributed by atoms with van der Waals surface area (Å²) in [6.07, 6.45) is 1.82. The average Bonchev–Trinajstić information content (AvgIpc) is 3.32. The van der Waals surface area contributed by atoms with Gasteiger partial charge in [-0.3, -0.25) is 0 Å². The maximum atomic E-state index is 5.93. The van der Waals surface area contributed by atoms with Gasteiger partial charge in [-0.05, 0) is 30.9 Å². The third kappa shape index (κ3) is 5.55. The molecule has 0 saturated carbocycles. The number of benzene rings is 1. The first kappa shape index (κ1) is 21.2. The topological polar surface area (TPSA) is 85.6 Å². The van der Waals surface area contributed by atoms with Gasteiger partial charge in [0.1, 0.15) is 5.82 Å². The van der Waals surface area contributed by atoms with Crippen LogP contribution in [0.25, 0.3) is 0 Å². The maximum absolute atomic E-state index is 5.93. The Hall–Kier alpha value is -3.07. The molecule has 0 unspecified atom stereocenters. The van der Waals surface area contributed by atoms with Crippen molar-refractivity contribution in [1.29, 1.82) is 0 Å². The predicted octanol–water partition coefficient (Wildman–Crippen LogP) is 2.82. The molecule has 4 rings (SSSR count). The largest absolute Gasteiger partial charge is 0.490 e. The number of para-hydroxylation sites is 1. The number of hydrogen-bond acceptors (Lipinski definition) is 6. The average molecular weight is 441 g/mol. The number of ether oxygens (including phenoxy) is 2. The molecule has 1 aliphatic rings. The van der Waals surface area contributed by atoms with Crippen LogP contribution in [-0.4, -0.2) is 40.5 Å². The van der Waals surface area contributed by atoms with Gasteiger partial charge in [0.25, 0.3) is 0 Å². The van der Waals surface area contributed by atoms with Gasteiger partial charge in [-0.25, -0.2) is 4.99 Å². The van der Waals surface area contributed by atoms with Gasteiger partial charge in [0.15, 0.2) is 23.3 Å². The van der Waals surface area contributed by atoms with E-state index < -0.39 is 0 Å². The van der Waals surface area contributed by atoms with Gasteiger partial charge in [-0.15, -0.1) is 21.5 Å². The van der Waals surface area contributed by atoms with Gasteiger partial charge in [-0.1, -0.05) is 18.2 Å². The number of nitrogens with zero attached hydrogens (tertiary/aromatic N) is 4. The molecule has 0 atom stereocenters. The highest BCUT2D eigenvalue weighted by molar-refractivity contribution is 7.09. The molecule has 9 heteroatoms. The number of guanidine groups is 1. The van der Waals surface area contributed by atoms with Crippen molar-refractivity contribution < 1.29 is 9.47 Å². The molecule has 0 amide bonds. The lowest BCUT2D eigenvalue weighted by Gasteiger charge is -2.14. The summed E-state index contributed by atoms with van der Waals surface area (Å²) >= 11 is 1.76. The Kier molecular flexibility index (Phi) is 7.03. The lowest BCUT2D eigenvalue weighted by atomic mass is 10.2. The third-order valence-electron chi connectivity index (χ3n) is 5.10. The second kappa shape index (κ2) is 10.3. The summed E-state index contributed by atoms with van der Waals surface area (Å²) in [5, 5.41) is 17.3. The van der Waals surface area contributed by atoms with Crippen LogP contribution in [0.15, 0.2) is 40.7 Å². The van der Waals surface area contributed by atoms with E-state index in [0.29, 0.717) is 26.3 Å². The van der Waals surface area contributed by atoms with Crippen LogP contribution in [0.2, 0.25) is 0 Å². The monoisotopic (exact) mass is 440 g/mol. The number of aromatic nitrogens is 3. The van der Waals surface area contributed by atoms with Gasteiger partial charge in [-0.2, -0.15) is 0 Å². The lowest BCUT2D eigenvalue weighted by molar-refractivity contribution is 0.296. The zero-order valence-corrected chi connectivity index (χ0v) is 18.7. The van der Waals surface area contributed by atoms with Gasteiger partial charge in [0.05, 0.1) is 26.3 Å². The van der Waals surface area contributed by atoms with Crippen LogP contribution in [0.5, 0.6) is 11.5 Å². The van der Waals surface area contributed by atoms with Crippen molar-refractivity contribution in [2.75, 3.05) is 19.8 Å². The molecule has 0 saturated heterocycles. The quantitative estimate of drug-likeness (QED) is 0.434. The second-order valence-corrected chi connectivity index (χ2v) is 8.32. The van der Waals surface area contributed by atoms with Crippen LogP contribution in [0.1, 0.15) is 28.5 Å². The van der Waals surface area contributed by atoms with Crippen LogP contribution in [0, 0.1) is 6.92 Å². The molecule has 3 aromatic rings. The highest BCUT2D eigenvalue weighted by atomic mass is 32.1. The lowest BCUT2D eigenvalue weighted by Crippen LogP contribution is -2.38. The summed E-state index contributed by atoms with van der Waals surface area (Å²) in [6.45, 7) is 5.08. The van der Waals surface area contributed by atoms with Crippen molar-refractivity contribution in [3.63, 3.8) is 0 Å². The van der Waals surface area contributed by atoms with E-state index in [1.54, 1.807) is 11.3 Å². The molecule has 1 aromatic carbocycles. The first-order chi connectivity index (χ1) is 15.2. The van der Waals surface area contributed by atoms with Crippen molar-refractivity contribution in [3.05, 3.63) is 57.8 Å². The van der Waals surface area contributed by atoms with Crippen molar-refractivity contribution in [3.8, 4) is 11.5 Å². The van der Waals surface area contributed by atoms with E-state index in [9.17, 15) is 0 Å². The van der Waals surface area contributed by atoms with Crippen LogP contribution < -0.4 is 20.1 Å². The molecule has 0 bridgehead atoms. The molecular weight excluding hydrogens is 412 g/mol. The molecule has 164 valence electrons. The van der Waals surface area contributed by atoms with Gasteiger partial charge < -0.3 is 24.7 Å². The Balaban J connectivity index is 1.46. The summed E-state index contributed by atoms with van der Waals surface area (Å²) in [6, 6.07) is 10.2. The fourth-order valence-electron chi connectivity index (χ4n) is 3.24. The SMILES string of the molecule is Cc1nnc(CNC(=NCc2cccc3c2OCCCO3)NCCc2cccs2)n1C. The van der Waals surface area contributed by atoms with Gasteiger partial charge in [0, 0.05) is 30.5 Å². The molecular formula is C22H28N6O2S. The minimum absolute atomic E-state index is 0.485. The third-order valence-corrected chi connectivity index (χ3v) is 6.04. The molecule has 31 heavy (non-hydrogen) atoms. The molecule has 2 aromatic heterocycles. The Labute approximate surface area is 186 Å². The number of aryl methyl sites for hydroxylation is 1. The minimum atomic E-state index is 0.485. The standard InChI is InChI=1S/C22H28N6O2S/c1-16-26-27-20(28(16)2)15-25-22(23-10-9-18-7-4-13-31-18)24-14-17-6-3-8-19-21(17)30-12-5-11-29-19/h3-4,6-8,13H,5,9-12,14-15H2,1-2H3,(H2,23,24,25). The number of hydrogen-bond donors (Lipinski definition) is 2. The molecule has 0 radical (unpaired) electrons. The van der Waals surface area contributed by atoms with E-state index in [1.807, 2.05) is 36.7 Å². The van der Waals surface area contributed by atoms with Crippen molar-refractivity contribution >= 4 is 17.3 Å².